The minimum absolute atomic E-state index is 0.174. The van der Waals surface area contributed by atoms with Crippen molar-refractivity contribution in [3.05, 3.63) is 73.2 Å². The number of hydrogen-bond acceptors (Lipinski definition) is 5. The summed E-state index contributed by atoms with van der Waals surface area (Å²) in [4.78, 5) is 48.9. The van der Waals surface area contributed by atoms with Crippen LogP contribution in [0.2, 0.25) is 10.0 Å². The van der Waals surface area contributed by atoms with Crippen molar-refractivity contribution in [3.8, 4) is 0 Å². The van der Waals surface area contributed by atoms with E-state index in [0.29, 0.717) is 15.7 Å². The van der Waals surface area contributed by atoms with Gasteiger partial charge < -0.3 is 10.1 Å². The maximum Gasteiger partial charge on any atom is 0.328 e. The highest BCUT2D eigenvalue weighted by molar-refractivity contribution is 6.35. The molecule has 8 nitrogen and oxygen atoms in total. The number of aromatic nitrogens is 2. The number of carbonyl (C=O) groups is 2. The number of nitrogens with zero attached hydrogens (tertiary/aromatic N) is 1. The lowest BCUT2D eigenvalue weighted by molar-refractivity contribution is -0.154. The third-order valence-electron chi connectivity index (χ3n) is 3.98. The van der Waals surface area contributed by atoms with Crippen LogP contribution in [-0.4, -0.2) is 27.8 Å². The second-order valence-electron chi connectivity index (χ2n) is 6.16. The predicted molar refractivity (Wildman–Crippen MR) is 109 cm³/mol. The highest BCUT2D eigenvalue weighted by atomic mass is 35.5. The van der Waals surface area contributed by atoms with Crippen LogP contribution >= 0.6 is 23.2 Å². The highest BCUT2D eigenvalue weighted by Crippen LogP contribution is 2.22. The maximum atomic E-state index is 12.4. The molecule has 10 heteroatoms. The fraction of sp³-hybridized carbons (Fsp3) is 0.158. The Kier molecular flexibility index (Phi) is 6.05. The molecule has 0 bridgehead atoms. The van der Waals surface area contributed by atoms with Crippen molar-refractivity contribution in [2.75, 3.05) is 5.32 Å². The summed E-state index contributed by atoms with van der Waals surface area (Å²) in [6.07, 6.45) is -1.16. The van der Waals surface area contributed by atoms with Gasteiger partial charge in [0.2, 0.25) is 0 Å². The fourth-order valence-corrected chi connectivity index (χ4v) is 3.17. The first-order valence-corrected chi connectivity index (χ1v) is 9.18. The molecule has 0 fully saturated rings. The van der Waals surface area contributed by atoms with Crippen molar-refractivity contribution >= 4 is 51.5 Å². The van der Waals surface area contributed by atoms with E-state index in [9.17, 15) is 19.2 Å². The SMILES string of the molecule is C[C@H](OC(=O)Cn1[nH]c(=O)c2ccccc2c1=O)C(=O)Nc1cc(Cl)cc(Cl)c1. The molecule has 0 aliphatic heterocycles. The van der Waals surface area contributed by atoms with Gasteiger partial charge in [0.25, 0.3) is 17.0 Å². The van der Waals surface area contributed by atoms with E-state index in [1.165, 1.54) is 37.3 Å². The third kappa shape index (κ3) is 4.85. The molecule has 29 heavy (non-hydrogen) atoms. The van der Waals surface area contributed by atoms with Crippen LogP contribution in [0.15, 0.2) is 52.1 Å². The first kappa shape index (κ1) is 20.6. The second kappa shape index (κ2) is 8.50. The van der Waals surface area contributed by atoms with Crippen LogP contribution in [0, 0.1) is 0 Å². The van der Waals surface area contributed by atoms with Crippen LogP contribution < -0.4 is 16.4 Å². The lowest BCUT2D eigenvalue weighted by Crippen LogP contribution is -2.35. The summed E-state index contributed by atoms with van der Waals surface area (Å²) in [5, 5.41) is 5.90. The van der Waals surface area contributed by atoms with Crippen LogP contribution in [0.4, 0.5) is 5.69 Å². The normalized spacial score (nSPS) is 11.8. The molecule has 0 aliphatic rings. The van der Waals surface area contributed by atoms with Gasteiger partial charge in [-0.15, -0.1) is 0 Å². The molecule has 0 saturated heterocycles. The molecule has 0 saturated carbocycles. The number of aromatic amines is 1. The average molecular weight is 436 g/mol. The van der Waals surface area contributed by atoms with E-state index in [1.807, 2.05) is 0 Å². The van der Waals surface area contributed by atoms with Gasteiger partial charge in [0.15, 0.2) is 6.10 Å². The number of amides is 1. The molecule has 0 radical (unpaired) electrons. The summed E-state index contributed by atoms with van der Waals surface area (Å²) >= 11 is 11.7. The Balaban J connectivity index is 1.69. The van der Waals surface area contributed by atoms with Gasteiger partial charge >= 0.3 is 5.97 Å². The minimum atomic E-state index is -1.16. The average Bonchev–Trinajstić information content (AvgIpc) is 2.65. The van der Waals surface area contributed by atoms with Gasteiger partial charge in [0.05, 0.1) is 10.8 Å². The molecule has 3 aromatic rings. The van der Waals surface area contributed by atoms with E-state index in [4.69, 9.17) is 27.9 Å². The Morgan fingerprint density at radius 3 is 2.38 bits per heavy atom. The van der Waals surface area contributed by atoms with Crippen LogP contribution in [-0.2, 0) is 20.9 Å². The number of ether oxygens (including phenoxy) is 1. The molecule has 2 N–H and O–H groups in total. The fourth-order valence-electron chi connectivity index (χ4n) is 2.64. The number of anilines is 1. The van der Waals surface area contributed by atoms with Crippen LogP contribution in [0.5, 0.6) is 0 Å². The predicted octanol–water partition coefficient (Wildman–Crippen LogP) is 2.57. The monoisotopic (exact) mass is 435 g/mol. The number of nitrogens with one attached hydrogen (secondary N) is 2. The van der Waals surface area contributed by atoms with Gasteiger partial charge in [-0.1, -0.05) is 35.3 Å². The van der Waals surface area contributed by atoms with Crippen LogP contribution in [0.1, 0.15) is 6.92 Å². The zero-order chi connectivity index (χ0) is 21.1. The molecule has 0 unspecified atom stereocenters. The van der Waals surface area contributed by atoms with Crippen molar-refractivity contribution < 1.29 is 14.3 Å². The van der Waals surface area contributed by atoms with Crippen LogP contribution in [0.25, 0.3) is 10.8 Å². The number of benzene rings is 2. The molecule has 1 atom stereocenters. The third-order valence-corrected chi connectivity index (χ3v) is 4.41. The Bertz CT molecular complexity index is 1200. The van der Waals surface area contributed by atoms with Crippen molar-refractivity contribution in [3.63, 3.8) is 0 Å². The van der Waals surface area contributed by atoms with Gasteiger partial charge in [-0.3, -0.25) is 24.3 Å². The molecule has 1 aromatic heterocycles. The molecule has 2 aromatic carbocycles. The van der Waals surface area contributed by atoms with Gasteiger partial charge in [0.1, 0.15) is 6.54 Å². The number of carbonyl (C=O) groups excluding carboxylic acids is 2. The summed E-state index contributed by atoms with van der Waals surface area (Å²) in [6.45, 7) is 0.810. The summed E-state index contributed by atoms with van der Waals surface area (Å²) in [7, 11) is 0. The first-order chi connectivity index (χ1) is 13.7. The van der Waals surface area contributed by atoms with E-state index < -0.39 is 35.6 Å². The number of fused-ring (bicyclic) bond motifs is 1. The zero-order valence-electron chi connectivity index (χ0n) is 15.1. The Morgan fingerprint density at radius 1 is 1.10 bits per heavy atom. The van der Waals surface area contributed by atoms with E-state index in [-0.39, 0.29) is 10.8 Å². The number of hydrogen-bond donors (Lipinski definition) is 2. The standard InChI is InChI=1S/C19H15Cl2N3O5/c1-10(17(26)22-13-7-11(20)6-12(21)8-13)29-16(25)9-24-19(28)15-5-3-2-4-14(15)18(27)23-24/h2-8,10H,9H2,1H3,(H,22,26)(H,23,27)/t10-/m0/s1. The first-order valence-electron chi connectivity index (χ1n) is 8.43. The smallest absolute Gasteiger partial charge is 0.328 e. The molecule has 150 valence electrons. The number of rotatable bonds is 5. The maximum absolute atomic E-state index is 12.4. The van der Waals surface area contributed by atoms with Crippen LogP contribution in [0.3, 0.4) is 0 Å². The second-order valence-corrected chi connectivity index (χ2v) is 7.03. The topological polar surface area (TPSA) is 110 Å². The largest absolute Gasteiger partial charge is 0.451 e. The molecule has 3 rings (SSSR count). The molecular formula is C19H15Cl2N3O5. The Labute approximate surface area is 174 Å². The zero-order valence-corrected chi connectivity index (χ0v) is 16.6. The van der Waals surface area contributed by atoms with Gasteiger partial charge in [-0.25, -0.2) is 4.68 Å². The lowest BCUT2D eigenvalue weighted by atomic mass is 10.2. The molecular weight excluding hydrogens is 421 g/mol. The molecule has 0 aliphatic carbocycles. The summed E-state index contributed by atoms with van der Waals surface area (Å²) in [5.74, 6) is -1.49. The molecule has 1 heterocycles. The number of halogens is 2. The Morgan fingerprint density at radius 2 is 1.72 bits per heavy atom. The minimum Gasteiger partial charge on any atom is -0.451 e. The quantitative estimate of drug-likeness (QED) is 0.598. The molecule has 0 spiro atoms. The van der Waals surface area contributed by atoms with Crippen molar-refractivity contribution in [2.45, 2.75) is 19.6 Å². The lowest BCUT2D eigenvalue weighted by Gasteiger charge is -2.14. The van der Waals surface area contributed by atoms with E-state index in [0.717, 1.165) is 4.68 Å². The summed E-state index contributed by atoms with van der Waals surface area (Å²) in [6, 6.07) is 10.7. The van der Waals surface area contributed by atoms with Gasteiger partial charge in [-0.05, 0) is 37.3 Å². The van der Waals surface area contributed by atoms with E-state index in [1.54, 1.807) is 12.1 Å². The van der Waals surface area contributed by atoms with Crippen molar-refractivity contribution in [1.29, 1.82) is 0 Å². The van der Waals surface area contributed by atoms with Gasteiger partial charge in [-0.2, -0.15) is 0 Å². The van der Waals surface area contributed by atoms with Gasteiger partial charge in [0, 0.05) is 15.7 Å². The van der Waals surface area contributed by atoms with Crippen molar-refractivity contribution in [1.82, 2.24) is 9.78 Å². The Hall–Kier alpha value is -3.10. The van der Waals surface area contributed by atoms with E-state index >= 15 is 0 Å². The summed E-state index contributed by atoms with van der Waals surface area (Å²) in [5.41, 5.74) is -0.732. The molecule has 1 amide bonds. The summed E-state index contributed by atoms with van der Waals surface area (Å²) < 4.78 is 5.90. The van der Waals surface area contributed by atoms with Crippen molar-refractivity contribution in [2.24, 2.45) is 0 Å². The highest BCUT2D eigenvalue weighted by Gasteiger charge is 2.19. The number of H-pyrrole nitrogens is 1. The number of esters is 1. The van der Waals surface area contributed by atoms with E-state index in [2.05, 4.69) is 10.4 Å².